The Labute approximate surface area is 223 Å². The first kappa shape index (κ1) is 25.3. The van der Waals surface area contributed by atoms with Gasteiger partial charge < -0.3 is 23.4 Å². The maximum Gasteiger partial charge on any atom is 0.254 e. The van der Waals surface area contributed by atoms with Gasteiger partial charge in [0, 0.05) is 55.9 Å². The number of anilines is 1. The Bertz CT molecular complexity index is 1240. The zero-order valence-corrected chi connectivity index (χ0v) is 22.4. The Balaban J connectivity index is 1.18. The first-order valence-corrected chi connectivity index (χ1v) is 13.4. The van der Waals surface area contributed by atoms with Crippen molar-refractivity contribution in [3.05, 3.63) is 77.4 Å². The molecule has 0 unspecified atom stereocenters. The summed E-state index contributed by atoms with van der Waals surface area (Å²) in [6.45, 7) is 8.87. The number of fused-ring (bicyclic) bond motifs is 1. The van der Waals surface area contributed by atoms with E-state index in [0.29, 0.717) is 19.7 Å². The lowest BCUT2D eigenvalue weighted by Crippen LogP contribution is -2.48. The highest BCUT2D eigenvalue weighted by molar-refractivity contribution is 8.00. The van der Waals surface area contributed by atoms with E-state index in [1.54, 1.807) is 11.9 Å². The average Bonchev–Trinajstić information content (AvgIpc) is 3.38. The van der Waals surface area contributed by atoms with Gasteiger partial charge in [0.25, 0.3) is 5.91 Å². The summed E-state index contributed by atoms with van der Waals surface area (Å²) in [5, 5.41) is 0. The van der Waals surface area contributed by atoms with Crippen LogP contribution in [-0.4, -0.2) is 62.3 Å². The third-order valence-corrected chi connectivity index (χ3v) is 7.65. The van der Waals surface area contributed by atoms with Crippen LogP contribution in [0.5, 0.6) is 17.2 Å². The molecule has 0 spiro atoms. The molecule has 8 heteroatoms. The lowest BCUT2D eigenvalue weighted by Gasteiger charge is -2.35. The first-order valence-electron chi connectivity index (χ1n) is 12.7. The minimum atomic E-state index is 0.103. The molecule has 1 amide bonds. The minimum Gasteiger partial charge on any atom is -0.494 e. The number of amides is 1. The molecule has 7 nitrogen and oxygen atoms in total. The number of hydrogen-bond acceptors (Lipinski definition) is 7. The second-order valence-corrected chi connectivity index (χ2v) is 10.5. The van der Waals surface area contributed by atoms with Crippen LogP contribution < -0.4 is 18.5 Å². The van der Waals surface area contributed by atoms with E-state index in [-0.39, 0.29) is 12.7 Å². The molecule has 1 fully saturated rings. The van der Waals surface area contributed by atoms with Crippen molar-refractivity contribution in [2.24, 2.45) is 0 Å². The Hall–Kier alpha value is -3.36. The van der Waals surface area contributed by atoms with Crippen molar-refractivity contribution in [1.82, 2.24) is 9.80 Å². The lowest BCUT2D eigenvalue weighted by atomic mass is 10.1. The average molecular weight is 520 g/mol. The first-order chi connectivity index (χ1) is 18.0. The third-order valence-electron chi connectivity index (χ3n) is 6.70. The maximum absolute atomic E-state index is 13.5. The van der Waals surface area contributed by atoms with Crippen LogP contribution in [-0.2, 0) is 6.54 Å². The van der Waals surface area contributed by atoms with E-state index in [4.69, 9.17) is 14.2 Å². The van der Waals surface area contributed by atoms with E-state index in [1.165, 1.54) is 5.56 Å². The third kappa shape index (κ3) is 5.97. The molecule has 0 atom stereocenters. The van der Waals surface area contributed by atoms with Crippen LogP contribution in [0.25, 0.3) is 0 Å². The largest absolute Gasteiger partial charge is 0.494 e. The summed E-state index contributed by atoms with van der Waals surface area (Å²) in [5.41, 5.74) is 4.04. The van der Waals surface area contributed by atoms with Crippen LogP contribution in [0.1, 0.15) is 28.4 Å². The molecule has 37 heavy (non-hydrogen) atoms. The molecular weight excluding hydrogens is 486 g/mol. The molecule has 0 aromatic heterocycles. The SMILES string of the molecule is CCOc1ccc(N(C)Sc2ccc(C)c(C(=O)N3CCN(Cc4ccc5c(c4)OCO5)CC3)c2)cc1. The predicted octanol–water partition coefficient (Wildman–Crippen LogP) is 5.22. The Morgan fingerprint density at radius 1 is 0.973 bits per heavy atom. The fraction of sp³-hybridized carbons (Fsp3) is 0.345. The van der Waals surface area contributed by atoms with Gasteiger partial charge in [0.15, 0.2) is 11.5 Å². The second kappa shape index (κ2) is 11.4. The van der Waals surface area contributed by atoms with E-state index < -0.39 is 0 Å². The van der Waals surface area contributed by atoms with Crippen LogP contribution >= 0.6 is 11.9 Å². The number of benzene rings is 3. The van der Waals surface area contributed by atoms with Crippen molar-refractivity contribution >= 4 is 23.5 Å². The number of nitrogens with zero attached hydrogens (tertiary/aromatic N) is 3. The summed E-state index contributed by atoms with van der Waals surface area (Å²) < 4.78 is 18.6. The van der Waals surface area contributed by atoms with Crippen LogP contribution in [0, 0.1) is 6.92 Å². The number of carbonyl (C=O) groups is 1. The predicted molar refractivity (Wildman–Crippen MR) is 147 cm³/mol. The van der Waals surface area contributed by atoms with Crippen LogP contribution in [0.4, 0.5) is 5.69 Å². The smallest absolute Gasteiger partial charge is 0.254 e. The zero-order valence-electron chi connectivity index (χ0n) is 21.6. The number of rotatable bonds is 8. The number of ether oxygens (including phenoxy) is 3. The van der Waals surface area contributed by atoms with Crippen molar-refractivity contribution < 1.29 is 19.0 Å². The number of aryl methyl sites for hydroxylation is 1. The van der Waals surface area contributed by atoms with Crippen molar-refractivity contribution in [1.29, 1.82) is 0 Å². The monoisotopic (exact) mass is 519 g/mol. The summed E-state index contributed by atoms with van der Waals surface area (Å²) in [6, 6.07) is 20.3. The van der Waals surface area contributed by atoms with Gasteiger partial charge in [-0.15, -0.1) is 0 Å². The Kier molecular flexibility index (Phi) is 7.76. The fourth-order valence-electron chi connectivity index (χ4n) is 4.60. The Morgan fingerprint density at radius 2 is 1.73 bits per heavy atom. The lowest BCUT2D eigenvalue weighted by molar-refractivity contribution is 0.0627. The van der Waals surface area contributed by atoms with Gasteiger partial charge in [-0.25, -0.2) is 0 Å². The molecule has 0 radical (unpaired) electrons. The highest BCUT2D eigenvalue weighted by atomic mass is 32.2. The topological polar surface area (TPSA) is 54.5 Å². The van der Waals surface area contributed by atoms with E-state index in [0.717, 1.165) is 58.6 Å². The van der Waals surface area contributed by atoms with Gasteiger partial charge in [0.1, 0.15) is 5.75 Å². The van der Waals surface area contributed by atoms with Crippen molar-refractivity contribution in [3.8, 4) is 17.2 Å². The summed E-state index contributed by atoms with van der Waals surface area (Å²) >= 11 is 1.61. The fourth-order valence-corrected chi connectivity index (χ4v) is 5.44. The molecule has 1 saturated heterocycles. The molecule has 5 rings (SSSR count). The summed E-state index contributed by atoms with van der Waals surface area (Å²) in [6.07, 6.45) is 0. The number of hydrogen-bond donors (Lipinski definition) is 0. The normalized spacial score (nSPS) is 15.1. The van der Waals surface area contributed by atoms with E-state index in [1.807, 2.05) is 68.3 Å². The van der Waals surface area contributed by atoms with Gasteiger partial charge in [0.05, 0.1) is 6.61 Å². The second-order valence-electron chi connectivity index (χ2n) is 9.25. The van der Waals surface area contributed by atoms with Gasteiger partial charge in [-0.05, 0) is 85.5 Å². The molecule has 0 N–H and O–H groups in total. The highest BCUT2D eigenvalue weighted by Crippen LogP contribution is 2.33. The van der Waals surface area contributed by atoms with Crippen molar-refractivity contribution in [2.45, 2.75) is 25.3 Å². The van der Waals surface area contributed by atoms with Gasteiger partial charge in [-0.3, -0.25) is 9.69 Å². The summed E-state index contributed by atoms with van der Waals surface area (Å²) in [7, 11) is 2.03. The van der Waals surface area contributed by atoms with Crippen LogP contribution in [0.15, 0.2) is 65.6 Å². The number of carbonyl (C=O) groups excluding carboxylic acids is 1. The zero-order chi connectivity index (χ0) is 25.8. The Morgan fingerprint density at radius 3 is 2.49 bits per heavy atom. The van der Waals surface area contributed by atoms with E-state index >= 15 is 0 Å². The minimum absolute atomic E-state index is 0.103. The quantitative estimate of drug-likeness (QED) is 0.378. The molecule has 0 aliphatic carbocycles. The van der Waals surface area contributed by atoms with Crippen LogP contribution in [0.2, 0.25) is 0 Å². The molecule has 194 valence electrons. The molecule has 0 saturated carbocycles. The van der Waals surface area contributed by atoms with Gasteiger partial charge in [-0.2, -0.15) is 0 Å². The molecule has 2 aliphatic rings. The molecule has 2 heterocycles. The molecule has 3 aromatic carbocycles. The summed E-state index contributed by atoms with van der Waals surface area (Å²) in [4.78, 5) is 18.9. The van der Waals surface area contributed by atoms with Crippen molar-refractivity contribution in [3.63, 3.8) is 0 Å². The van der Waals surface area contributed by atoms with Gasteiger partial charge in [-0.1, -0.05) is 12.1 Å². The molecule has 0 bridgehead atoms. The summed E-state index contributed by atoms with van der Waals surface area (Å²) in [5.74, 6) is 2.59. The number of piperazine rings is 1. The van der Waals surface area contributed by atoms with Crippen LogP contribution in [0.3, 0.4) is 0 Å². The standard InChI is InChI=1S/C29H33N3O4S/c1-4-34-24-9-7-23(8-10-24)30(3)37-25-11-5-21(2)26(18-25)29(33)32-15-13-31(14-16-32)19-22-6-12-27-28(17-22)36-20-35-27/h5-12,17-18H,4,13-16,19-20H2,1-3H3. The highest BCUT2D eigenvalue weighted by Gasteiger charge is 2.24. The van der Waals surface area contributed by atoms with E-state index in [9.17, 15) is 4.79 Å². The van der Waals surface area contributed by atoms with Gasteiger partial charge >= 0.3 is 0 Å². The van der Waals surface area contributed by atoms with Gasteiger partial charge in [0.2, 0.25) is 6.79 Å². The molecular formula is C29H33N3O4S. The van der Waals surface area contributed by atoms with Crippen molar-refractivity contribution in [2.75, 3.05) is 50.9 Å². The molecule has 3 aromatic rings. The maximum atomic E-state index is 13.5. The van der Waals surface area contributed by atoms with E-state index in [2.05, 4.69) is 27.4 Å². The molecule has 2 aliphatic heterocycles.